The van der Waals surface area contributed by atoms with Crippen LogP contribution in [0.4, 0.5) is 14.5 Å². The normalized spacial score (nSPS) is 11.4. The number of Topliss-reactive ketones (excluding diaryl/α,β-unsaturated/α-hetero) is 1. The zero-order valence-corrected chi connectivity index (χ0v) is 20.2. The number of aromatic nitrogens is 2. The number of fused-ring (bicyclic) bond motifs is 1. The fourth-order valence-corrected chi connectivity index (χ4v) is 4.03. The van der Waals surface area contributed by atoms with Gasteiger partial charge in [-0.2, -0.15) is 0 Å². The summed E-state index contributed by atoms with van der Waals surface area (Å²) < 4.78 is 29.2. The van der Waals surface area contributed by atoms with Gasteiger partial charge in [-0.3, -0.25) is 14.6 Å². The van der Waals surface area contributed by atoms with Crippen molar-refractivity contribution in [2.24, 2.45) is 13.0 Å². The monoisotopic (exact) mass is 495 g/mol. The number of carbonyl (C=O) groups is 2. The molecule has 0 saturated carbocycles. The number of aryl methyl sites for hydroxylation is 1. The first-order chi connectivity index (χ1) is 16.6. The van der Waals surface area contributed by atoms with Crippen LogP contribution in [-0.4, -0.2) is 21.2 Å². The molecule has 0 fully saturated rings. The molecule has 180 valence electrons. The number of carbonyl (C=O) groups excluding carboxylic acids is 2. The molecule has 5 nitrogen and oxygen atoms in total. The van der Waals surface area contributed by atoms with Gasteiger partial charge >= 0.3 is 0 Å². The average Bonchev–Trinajstić information content (AvgIpc) is 3.14. The highest BCUT2D eigenvalue weighted by atomic mass is 35.5. The molecule has 2 heterocycles. The zero-order chi connectivity index (χ0) is 25.3. The predicted octanol–water partition coefficient (Wildman–Crippen LogP) is 6.85. The first-order valence-electron chi connectivity index (χ1n) is 11.1. The van der Waals surface area contributed by atoms with Crippen molar-refractivity contribution in [3.8, 4) is 11.3 Å². The molecule has 0 bridgehead atoms. The van der Waals surface area contributed by atoms with Crippen LogP contribution in [-0.2, 0) is 18.3 Å². The lowest BCUT2D eigenvalue weighted by Gasteiger charge is -2.12. The van der Waals surface area contributed by atoms with E-state index in [-0.39, 0.29) is 23.7 Å². The van der Waals surface area contributed by atoms with E-state index < -0.39 is 18.0 Å². The van der Waals surface area contributed by atoms with Gasteiger partial charge in [-0.1, -0.05) is 37.6 Å². The molecule has 0 atom stereocenters. The Kier molecular flexibility index (Phi) is 6.98. The van der Waals surface area contributed by atoms with Crippen LogP contribution in [0.15, 0.2) is 60.8 Å². The third kappa shape index (κ3) is 5.25. The number of hydrogen-bond acceptors (Lipinski definition) is 3. The van der Waals surface area contributed by atoms with Gasteiger partial charge in [0, 0.05) is 52.9 Å². The molecule has 2 aromatic heterocycles. The van der Waals surface area contributed by atoms with Gasteiger partial charge in [-0.25, -0.2) is 8.78 Å². The van der Waals surface area contributed by atoms with Gasteiger partial charge in [0.2, 0.25) is 0 Å². The quantitative estimate of drug-likeness (QED) is 0.305. The maximum Gasteiger partial charge on any atom is 0.281 e. The summed E-state index contributed by atoms with van der Waals surface area (Å²) in [7, 11) is 1.94. The fraction of sp³-hybridized carbons (Fsp3) is 0.222. The Morgan fingerprint density at radius 2 is 1.77 bits per heavy atom. The predicted molar refractivity (Wildman–Crippen MR) is 134 cm³/mol. The summed E-state index contributed by atoms with van der Waals surface area (Å²) in [6.07, 6.45) is -1.67. The second-order valence-corrected chi connectivity index (χ2v) is 9.13. The van der Waals surface area contributed by atoms with Crippen molar-refractivity contribution in [2.45, 2.75) is 26.7 Å². The highest BCUT2D eigenvalue weighted by molar-refractivity contribution is 6.30. The maximum atomic E-state index is 13.6. The number of hydrogen-bond donors (Lipinski definition) is 1. The van der Waals surface area contributed by atoms with Gasteiger partial charge in [-0.15, -0.1) is 0 Å². The van der Waals surface area contributed by atoms with Gasteiger partial charge in [0.25, 0.3) is 12.3 Å². The lowest BCUT2D eigenvalue weighted by Crippen LogP contribution is -2.17. The van der Waals surface area contributed by atoms with E-state index in [9.17, 15) is 18.4 Å². The van der Waals surface area contributed by atoms with Gasteiger partial charge in [0.05, 0.1) is 5.56 Å². The van der Waals surface area contributed by atoms with Gasteiger partial charge < -0.3 is 9.88 Å². The molecule has 0 saturated heterocycles. The first-order valence-corrected chi connectivity index (χ1v) is 11.5. The molecule has 0 aliphatic rings. The molecule has 1 amide bonds. The largest absolute Gasteiger partial charge is 0.344 e. The molecule has 35 heavy (non-hydrogen) atoms. The number of alkyl halides is 2. The molecule has 2 aromatic carbocycles. The van der Waals surface area contributed by atoms with Gasteiger partial charge in [-0.05, 0) is 53.6 Å². The number of halogens is 3. The second kappa shape index (κ2) is 9.96. The van der Waals surface area contributed by atoms with Crippen molar-refractivity contribution < 1.29 is 18.4 Å². The van der Waals surface area contributed by atoms with Crippen molar-refractivity contribution in [2.75, 3.05) is 5.32 Å². The SMILES string of the molecule is CC(C)C(=O)Cc1cnc(C(F)F)c(C(=O)Nc2ccc3c(c2)cc(-c2ccc(Cl)cc2)n3C)c1. The van der Waals surface area contributed by atoms with E-state index in [0.717, 1.165) is 22.2 Å². The van der Waals surface area contributed by atoms with E-state index in [2.05, 4.69) is 10.3 Å². The van der Waals surface area contributed by atoms with E-state index in [0.29, 0.717) is 16.3 Å². The molecule has 0 unspecified atom stereocenters. The van der Waals surface area contributed by atoms with Crippen LogP contribution in [0.5, 0.6) is 0 Å². The van der Waals surface area contributed by atoms with Crippen LogP contribution in [0, 0.1) is 5.92 Å². The highest BCUT2D eigenvalue weighted by Crippen LogP contribution is 2.30. The van der Waals surface area contributed by atoms with E-state index >= 15 is 0 Å². The summed E-state index contributed by atoms with van der Waals surface area (Å²) in [6, 6.07) is 16.2. The van der Waals surface area contributed by atoms with Crippen molar-refractivity contribution in [1.82, 2.24) is 9.55 Å². The van der Waals surface area contributed by atoms with E-state index in [1.165, 1.54) is 12.3 Å². The summed E-state index contributed by atoms with van der Waals surface area (Å²) in [5, 5.41) is 4.22. The summed E-state index contributed by atoms with van der Waals surface area (Å²) in [4.78, 5) is 28.9. The smallest absolute Gasteiger partial charge is 0.281 e. The molecule has 0 aliphatic heterocycles. The summed E-state index contributed by atoms with van der Waals surface area (Å²) in [5.41, 5.74) is 2.91. The van der Waals surface area contributed by atoms with Crippen LogP contribution in [0.25, 0.3) is 22.2 Å². The molecular weight excluding hydrogens is 472 g/mol. The zero-order valence-electron chi connectivity index (χ0n) is 19.5. The third-order valence-corrected chi connectivity index (χ3v) is 6.14. The average molecular weight is 496 g/mol. The Labute approximate surface area is 206 Å². The summed E-state index contributed by atoms with van der Waals surface area (Å²) in [6.45, 7) is 3.52. The Morgan fingerprint density at radius 1 is 1.06 bits per heavy atom. The van der Waals surface area contributed by atoms with Crippen molar-refractivity contribution in [3.63, 3.8) is 0 Å². The lowest BCUT2D eigenvalue weighted by molar-refractivity contribution is -0.121. The first kappa shape index (κ1) is 24.5. The number of benzene rings is 2. The molecule has 8 heteroatoms. The van der Waals surface area contributed by atoms with Gasteiger partial charge in [0.15, 0.2) is 0 Å². The molecule has 0 radical (unpaired) electrons. The molecule has 4 rings (SSSR count). The van der Waals surface area contributed by atoms with E-state index in [1.807, 2.05) is 48.0 Å². The minimum atomic E-state index is -2.93. The Morgan fingerprint density at radius 3 is 2.43 bits per heavy atom. The van der Waals surface area contributed by atoms with E-state index in [1.54, 1.807) is 26.0 Å². The molecule has 0 spiro atoms. The van der Waals surface area contributed by atoms with Crippen LogP contribution in [0.2, 0.25) is 5.02 Å². The van der Waals surface area contributed by atoms with Crippen molar-refractivity contribution in [3.05, 3.63) is 82.6 Å². The van der Waals surface area contributed by atoms with Crippen LogP contribution in [0.1, 0.15) is 41.9 Å². The Hall–Kier alpha value is -3.58. The van der Waals surface area contributed by atoms with Crippen LogP contribution < -0.4 is 5.32 Å². The molecule has 1 N–H and O–H groups in total. The third-order valence-electron chi connectivity index (χ3n) is 5.89. The molecule has 0 aliphatic carbocycles. The number of anilines is 1. The number of nitrogens with one attached hydrogen (secondary N) is 1. The maximum absolute atomic E-state index is 13.6. The summed E-state index contributed by atoms with van der Waals surface area (Å²) >= 11 is 6.00. The van der Waals surface area contributed by atoms with Crippen molar-refractivity contribution >= 4 is 39.9 Å². The number of pyridine rings is 1. The minimum absolute atomic E-state index is 0.0257. The molecule has 4 aromatic rings. The van der Waals surface area contributed by atoms with Crippen LogP contribution in [0.3, 0.4) is 0 Å². The Bertz CT molecular complexity index is 1410. The number of ketones is 1. The number of nitrogens with zero attached hydrogens (tertiary/aromatic N) is 2. The standard InChI is InChI=1S/C27H24ClF2N3O2/c1-15(2)24(34)11-16-10-21(25(26(29)30)31-14-16)27(35)32-20-8-9-22-18(12-20)13-23(33(22)3)17-4-6-19(28)7-5-17/h4-10,12-15,26H,11H2,1-3H3,(H,32,35). The second-order valence-electron chi connectivity index (χ2n) is 8.70. The van der Waals surface area contributed by atoms with Crippen molar-refractivity contribution in [1.29, 1.82) is 0 Å². The topological polar surface area (TPSA) is 64.0 Å². The van der Waals surface area contributed by atoms with E-state index in [4.69, 9.17) is 11.6 Å². The number of rotatable bonds is 7. The lowest BCUT2D eigenvalue weighted by atomic mass is 10.0. The Balaban J connectivity index is 1.64. The fourth-order valence-electron chi connectivity index (χ4n) is 3.90. The summed E-state index contributed by atoms with van der Waals surface area (Å²) in [5.74, 6) is -0.980. The van der Waals surface area contributed by atoms with Gasteiger partial charge in [0.1, 0.15) is 11.5 Å². The minimum Gasteiger partial charge on any atom is -0.344 e. The number of amides is 1. The highest BCUT2D eigenvalue weighted by Gasteiger charge is 2.22. The molecular formula is C27H24ClF2N3O2. The van der Waals surface area contributed by atoms with Crippen LogP contribution >= 0.6 is 11.6 Å².